The Morgan fingerprint density at radius 3 is 1.71 bits per heavy atom. The standard InChI is InChI=1S/2C6H12N.C5H5.C4H9.Zr/c2*1-6(2)4-5-7-3;1-2-4-5-3-1;1-4(2)3;/h2*1,4-5H2,2-3H3;1-3H,4H2;1-3H3;/q2*-1;;;+2. The van der Waals surface area contributed by atoms with Gasteiger partial charge >= 0.3 is 75.1 Å². The predicted molar refractivity (Wildman–Crippen MR) is 109 cm³/mol. The molecular weight excluding hydrogens is 371 g/mol. The summed E-state index contributed by atoms with van der Waals surface area (Å²) in [5, 5.41) is 7.83. The molecule has 0 spiro atoms. The van der Waals surface area contributed by atoms with Gasteiger partial charge in [-0.05, 0) is 13.8 Å². The molecule has 3 heteroatoms. The van der Waals surface area contributed by atoms with Gasteiger partial charge in [-0.2, -0.15) is 14.1 Å². The van der Waals surface area contributed by atoms with Crippen molar-refractivity contribution >= 4 is 0 Å². The van der Waals surface area contributed by atoms with Crippen LogP contribution in [0.1, 0.15) is 53.9 Å². The molecular formula is C21H38N2Zr. The van der Waals surface area contributed by atoms with Gasteiger partial charge in [0.2, 0.25) is 0 Å². The predicted octanol–water partition coefficient (Wildman–Crippen LogP) is 7.04. The van der Waals surface area contributed by atoms with Crippen LogP contribution in [0.15, 0.2) is 45.8 Å². The van der Waals surface area contributed by atoms with Gasteiger partial charge in [0.05, 0.1) is 0 Å². The van der Waals surface area contributed by atoms with Crippen LogP contribution in [0.2, 0.25) is 3.12 Å². The first-order valence-corrected chi connectivity index (χ1v) is 11.1. The van der Waals surface area contributed by atoms with E-state index in [4.69, 9.17) is 0 Å². The summed E-state index contributed by atoms with van der Waals surface area (Å²) in [5.41, 5.74) is 2.43. The van der Waals surface area contributed by atoms with Gasteiger partial charge in [0.1, 0.15) is 0 Å². The van der Waals surface area contributed by atoms with Gasteiger partial charge < -0.3 is 10.6 Å². The summed E-state index contributed by atoms with van der Waals surface area (Å²) in [6.45, 7) is 20.4. The van der Waals surface area contributed by atoms with Gasteiger partial charge in [0, 0.05) is 0 Å². The van der Waals surface area contributed by atoms with Gasteiger partial charge in [-0.25, -0.2) is 0 Å². The van der Waals surface area contributed by atoms with Crippen LogP contribution in [-0.2, 0) is 23.2 Å². The summed E-state index contributed by atoms with van der Waals surface area (Å²) < 4.78 is 2.37. The Bertz CT molecular complexity index is 383. The van der Waals surface area contributed by atoms with E-state index in [0.29, 0.717) is 3.12 Å². The summed E-state index contributed by atoms with van der Waals surface area (Å²) in [7, 11) is 3.64. The zero-order chi connectivity index (χ0) is 19.0. The maximum absolute atomic E-state index is 3.92. The molecule has 0 aliphatic heterocycles. The van der Waals surface area contributed by atoms with Crippen LogP contribution in [0.4, 0.5) is 0 Å². The third kappa shape index (κ3) is 24.0. The maximum atomic E-state index is 3.92. The summed E-state index contributed by atoms with van der Waals surface area (Å²) in [6, 6.07) is 0. The third-order valence-corrected chi connectivity index (χ3v) is 6.38. The molecule has 0 aromatic rings. The van der Waals surface area contributed by atoms with Gasteiger partial charge in [-0.1, -0.05) is 24.0 Å². The Morgan fingerprint density at radius 2 is 1.50 bits per heavy atom. The molecule has 2 nitrogen and oxygen atoms in total. The first-order valence-electron chi connectivity index (χ1n) is 8.66. The molecule has 0 atom stereocenters. The van der Waals surface area contributed by atoms with E-state index in [-0.39, 0.29) is 23.2 Å². The van der Waals surface area contributed by atoms with Gasteiger partial charge in [-0.15, -0.1) is 26.2 Å². The molecule has 0 aromatic heterocycles. The fourth-order valence-corrected chi connectivity index (χ4v) is 4.98. The van der Waals surface area contributed by atoms with Crippen LogP contribution in [0, 0.1) is 0 Å². The van der Waals surface area contributed by atoms with Crippen LogP contribution < -0.4 is 0 Å². The summed E-state index contributed by atoms with van der Waals surface area (Å²) in [5.74, 6) is 0. The van der Waals surface area contributed by atoms with Gasteiger partial charge in [-0.3, -0.25) is 0 Å². The third-order valence-electron chi connectivity index (χ3n) is 2.83. The molecule has 0 radical (unpaired) electrons. The second kappa shape index (κ2) is 16.2. The normalized spacial score (nSPS) is 12.2. The number of allylic oxidation sites excluding steroid dienone is 4. The first-order chi connectivity index (χ1) is 11.1. The quantitative estimate of drug-likeness (QED) is 0.403. The zero-order valence-corrected chi connectivity index (χ0v) is 19.5. The van der Waals surface area contributed by atoms with Crippen molar-refractivity contribution in [3.05, 3.63) is 56.4 Å². The SMILES string of the molecule is C=C(C)CC[N-]C.C=C(C)CC[N-]C.C[C](C)(C)[Zr+2][C]1=CC=CC1. The van der Waals surface area contributed by atoms with Crippen molar-refractivity contribution in [3.63, 3.8) is 0 Å². The average molecular weight is 410 g/mol. The van der Waals surface area contributed by atoms with Crippen LogP contribution in [0.3, 0.4) is 0 Å². The van der Waals surface area contributed by atoms with Crippen LogP contribution in [0.5, 0.6) is 0 Å². The monoisotopic (exact) mass is 408 g/mol. The molecule has 1 rings (SSSR count). The molecule has 0 unspecified atom stereocenters. The van der Waals surface area contributed by atoms with Crippen molar-refractivity contribution in [2.45, 2.75) is 57.0 Å². The van der Waals surface area contributed by atoms with Crippen molar-refractivity contribution in [2.75, 3.05) is 27.2 Å². The second-order valence-corrected chi connectivity index (χ2v) is 13.1. The molecule has 0 aromatic carbocycles. The molecule has 24 heavy (non-hydrogen) atoms. The molecule has 136 valence electrons. The fraction of sp³-hybridized carbons (Fsp3) is 0.619. The van der Waals surface area contributed by atoms with E-state index < -0.39 is 0 Å². The van der Waals surface area contributed by atoms with E-state index >= 15 is 0 Å². The molecule has 0 N–H and O–H groups in total. The molecule has 0 fully saturated rings. The molecule has 0 saturated carbocycles. The zero-order valence-electron chi connectivity index (χ0n) is 17.1. The van der Waals surface area contributed by atoms with Crippen LogP contribution >= 0.6 is 0 Å². The van der Waals surface area contributed by atoms with Crippen molar-refractivity contribution in [3.8, 4) is 0 Å². The molecule has 1 aliphatic rings. The Labute approximate surface area is 163 Å². The van der Waals surface area contributed by atoms with Crippen molar-refractivity contribution in [1.29, 1.82) is 0 Å². The average Bonchev–Trinajstić information content (AvgIpc) is 2.95. The minimum absolute atomic E-state index is 0.247. The van der Waals surface area contributed by atoms with Crippen LogP contribution in [-0.4, -0.2) is 27.2 Å². The summed E-state index contributed by atoms with van der Waals surface area (Å²) >= 11 is -0.247. The number of hydrogen-bond acceptors (Lipinski definition) is 0. The molecule has 0 heterocycles. The van der Waals surface area contributed by atoms with Gasteiger partial charge in [0.15, 0.2) is 0 Å². The number of rotatable bonds is 7. The van der Waals surface area contributed by atoms with E-state index in [2.05, 4.69) is 62.8 Å². The van der Waals surface area contributed by atoms with E-state index in [0.717, 1.165) is 25.9 Å². The molecule has 0 bridgehead atoms. The first kappa shape index (κ1) is 26.0. The van der Waals surface area contributed by atoms with Gasteiger partial charge in [0.25, 0.3) is 0 Å². The van der Waals surface area contributed by atoms with Crippen LogP contribution in [0.25, 0.3) is 10.6 Å². The van der Waals surface area contributed by atoms with E-state index in [1.165, 1.54) is 17.6 Å². The topological polar surface area (TPSA) is 28.2 Å². The van der Waals surface area contributed by atoms with Crippen molar-refractivity contribution < 1.29 is 23.2 Å². The Hall–Kier alpha value is -0.237. The van der Waals surface area contributed by atoms with E-state index in [1.54, 1.807) is 3.28 Å². The van der Waals surface area contributed by atoms with E-state index in [9.17, 15) is 0 Å². The Balaban J connectivity index is 0. The second-order valence-electron chi connectivity index (χ2n) is 7.19. The number of hydrogen-bond donors (Lipinski definition) is 0. The van der Waals surface area contributed by atoms with Crippen molar-refractivity contribution in [1.82, 2.24) is 0 Å². The molecule has 0 amide bonds. The summed E-state index contributed by atoms with van der Waals surface area (Å²) in [4.78, 5) is 0. The van der Waals surface area contributed by atoms with E-state index in [1.807, 2.05) is 27.9 Å². The Kier molecular flexibility index (Phi) is 17.6. The van der Waals surface area contributed by atoms with Crippen molar-refractivity contribution in [2.24, 2.45) is 0 Å². The fourth-order valence-electron chi connectivity index (χ4n) is 1.63. The molecule has 0 saturated heterocycles. The minimum atomic E-state index is -0.247. The number of nitrogens with zero attached hydrogens (tertiary/aromatic N) is 2. The Morgan fingerprint density at radius 1 is 1.04 bits per heavy atom. The molecule has 1 aliphatic carbocycles. The summed E-state index contributed by atoms with van der Waals surface area (Å²) in [6.07, 6.45) is 10.1.